The van der Waals surface area contributed by atoms with Crippen LogP contribution >= 0.6 is 0 Å². The lowest BCUT2D eigenvalue weighted by atomic mass is 10.1. The van der Waals surface area contributed by atoms with Gasteiger partial charge in [0.05, 0.1) is 5.92 Å². The monoisotopic (exact) mass is 342 g/mol. The minimum Gasteiger partial charge on any atom is -0.425 e. The Morgan fingerprint density at radius 1 is 0.708 bits per heavy atom. The van der Waals surface area contributed by atoms with Gasteiger partial charge in [0.15, 0.2) is 0 Å². The largest absolute Gasteiger partial charge is 0.425 e. The molecule has 0 aliphatic carbocycles. The SMILES string of the molecule is CCCCCCCCCCCCCC(=O)OC(C)OC(=O)C(C)C. The average Bonchev–Trinajstić information content (AvgIpc) is 2.52. The third kappa shape index (κ3) is 14.5. The first-order valence-electron chi connectivity index (χ1n) is 9.87. The molecule has 0 spiro atoms. The predicted molar refractivity (Wildman–Crippen MR) is 97.6 cm³/mol. The van der Waals surface area contributed by atoms with Gasteiger partial charge in [-0.2, -0.15) is 0 Å². The lowest BCUT2D eigenvalue weighted by Gasteiger charge is -2.15. The van der Waals surface area contributed by atoms with Gasteiger partial charge in [-0.1, -0.05) is 85.0 Å². The van der Waals surface area contributed by atoms with Gasteiger partial charge in [0.1, 0.15) is 0 Å². The molecule has 0 amide bonds. The van der Waals surface area contributed by atoms with Crippen molar-refractivity contribution in [2.45, 2.75) is 111 Å². The number of rotatable bonds is 15. The summed E-state index contributed by atoms with van der Waals surface area (Å²) in [4.78, 5) is 23.0. The molecule has 0 N–H and O–H groups in total. The highest BCUT2D eigenvalue weighted by Gasteiger charge is 2.16. The molecule has 0 aromatic heterocycles. The molecule has 0 heterocycles. The third-order valence-corrected chi connectivity index (χ3v) is 4.04. The summed E-state index contributed by atoms with van der Waals surface area (Å²) in [5, 5.41) is 0. The summed E-state index contributed by atoms with van der Waals surface area (Å²) in [6.07, 6.45) is 13.4. The molecule has 0 aromatic carbocycles. The number of unbranched alkanes of at least 4 members (excludes halogenated alkanes) is 10. The maximum Gasteiger partial charge on any atom is 0.311 e. The van der Waals surface area contributed by atoms with Gasteiger partial charge < -0.3 is 9.47 Å². The first-order valence-corrected chi connectivity index (χ1v) is 9.87. The van der Waals surface area contributed by atoms with E-state index in [1.54, 1.807) is 20.8 Å². The molecule has 0 fully saturated rings. The zero-order valence-electron chi connectivity index (χ0n) is 16.3. The average molecular weight is 343 g/mol. The number of carbonyl (C=O) groups excluding carboxylic acids is 2. The van der Waals surface area contributed by atoms with E-state index in [0.29, 0.717) is 6.42 Å². The maximum atomic E-state index is 11.7. The van der Waals surface area contributed by atoms with E-state index in [2.05, 4.69) is 6.92 Å². The van der Waals surface area contributed by atoms with Crippen LogP contribution in [0.25, 0.3) is 0 Å². The van der Waals surface area contributed by atoms with Crippen LogP contribution in [-0.2, 0) is 19.1 Å². The highest BCUT2D eigenvalue weighted by Crippen LogP contribution is 2.12. The highest BCUT2D eigenvalue weighted by atomic mass is 16.7. The van der Waals surface area contributed by atoms with Gasteiger partial charge in [-0.15, -0.1) is 0 Å². The van der Waals surface area contributed by atoms with Crippen molar-refractivity contribution in [3.63, 3.8) is 0 Å². The van der Waals surface area contributed by atoms with Crippen LogP contribution in [0.15, 0.2) is 0 Å². The first kappa shape index (κ1) is 22.9. The Bertz CT molecular complexity index is 326. The molecule has 0 saturated heterocycles. The number of hydrogen-bond acceptors (Lipinski definition) is 4. The molecule has 4 nitrogen and oxygen atoms in total. The van der Waals surface area contributed by atoms with E-state index in [1.165, 1.54) is 57.8 Å². The smallest absolute Gasteiger partial charge is 0.311 e. The second-order valence-corrected chi connectivity index (χ2v) is 6.93. The molecule has 0 bridgehead atoms. The molecule has 0 radical (unpaired) electrons. The summed E-state index contributed by atoms with van der Waals surface area (Å²) >= 11 is 0. The van der Waals surface area contributed by atoms with Crippen molar-refractivity contribution in [3.8, 4) is 0 Å². The van der Waals surface area contributed by atoms with Crippen molar-refractivity contribution in [2.75, 3.05) is 0 Å². The standard InChI is InChI=1S/C20H38O4/c1-5-6-7-8-9-10-11-12-13-14-15-16-19(21)23-18(4)24-20(22)17(2)3/h17-18H,5-16H2,1-4H3. The van der Waals surface area contributed by atoms with Crippen LogP contribution in [0.3, 0.4) is 0 Å². The van der Waals surface area contributed by atoms with Gasteiger partial charge in [0.25, 0.3) is 0 Å². The zero-order valence-corrected chi connectivity index (χ0v) is 16.3. The van der Waals surface area contributed by atoms with Crippen LogP contribution < -0.4 is 0 Å². The molecule has 0 aliphatic rings. The van der Waals surface area contributed by atoms with Gasteiger partial charge in [0.2, 0.25) is 6.29 Å². The number of carbonyl (C=O) groups is 2. The molecule has 0 aliphatic heterocycles. The molecule has 1 atom stereocenters. The van der Waals surface area contributed by atoms with E-state index in [-0.39, 0.29) is 17.9 Å². The fourth-order valence-electron chi connectivity index (χ4n) is 2.50. The Kier molecular flexibility index (Phi) is 14.8. The predicted octanol–water partition coefficient (Wildman–Crippen LogP) is 5.78. The van der Waals surface area contributed by atoms with E-state index < -0.39 is 6.29 Å². The van der Waals surface area contributed by atoms with Crippen molar-refractivity contribution in [3.05, 3.63) is 0 Å². The third-order valence-electron chi connectivity index (χ3n) is 4.04. The van der Waals surface area contributed by atoms with E-state index in [9.17, 15) is 9.59 Å². The number of ether oxygens (including phenoxy) is 2. The molecule has 142 valence electrons. The molecular formula is C20H38O4. The number of esters is 2. The fraction of sp³-hybridized carbons (Fsp3) is 0.900. The van der Waals surface area contributed by atoms with Crippen LogP contribution in [0, 0.1) is 5.92 Å². The molecule has 0 aromatic rings. The molecule has 4 heteroatoms. The summed E-state index contributed by atoms with van der Waals surface area (Å²) in [6.45, 7) is 7.33. The Balaban J connectivity index is 3.41. The van der Waals surface area contributed by atoms with Crippen molar-refractivity contribution >= 4 is 11.9 Å². The molecule has 1 unspecified atom stereocenters. The summed E-state index contributed by atoms with van der Waals surface area (Å²) in [7, 11) is 0. The molecule has 0 rings (SSSR count). The van der Waals surface area contributed by atoms with E-state index in [4.69, 9.17) is 9.47 Å². The molecule has 0 saturated carbocycles. The van der Waals surface area contributed by atoms with Crippen molar-refractivity contribution in [1.82, 2.24) is 0 Å². The van der Waals surface area contributed by atoms with Gasteiger partial charge in [-0.25, -0.2) is 0 Å². The van der Waals surface area contributed by atoms with Crippen LogP contribution in [0.1, 0.15) is 105 Å². The minimum absolute atomic E-state index is 0.210. The van der Waals surface area contributed by atoms with Gasteiger partial charge in [-0.05, 0) is 6.42 Å². The summed E-state index contributed by atoms with van der Waals surface area (Å²) in [5.41, 5.74) is 0. The lowest BCUT2D eigenvalue weighted by molar-refractivity contribution is -0.186. The van der Waals surface area contributed by atoms with Crippen LogP contribution in [-0.4, -0.2) is 18.2 Å². The van der Waals surface area contributed by atoms with E-state index >= 15 is 0 Å². The molecular weight excluding hydrogens is 304 g/mol. The van der Waals surface area contributed by atoms with Gasteiger partial charge in [0, 0.05) is 13.3 Å². The van der Waals surface area contributed by atoms with E-state index in [0.717, 1.165) is 12.8 Å². The number of hydrogen-bond donors (Lipinski definition) is 0. The fourth-order valence-corrected chi connectivity index (χ4v) is 2.50. The maximum absolute atomic E-state index is 11.7. The zero-order chi connectivity index (χ0) is 18.2. The minimum atomic E-state index is -0.792. The van der Waals surface area contributed by atoms with Crippen LogP contribution in [0.4, 0.5) is 0 Å². The normalized spacial score (nSPS) is 12.2. The second kappa shape index (κ2) is 15.5. The topological polar surface area (TPSA) is 52.6 Å². The summed E-state index contributed by atoms with van der Waals surface area (Å²) in [6, 6.07) is 0. The molecule has 24 heavy (non-hydrogen) atoms. The van der Waals surface area contributed by atoms with Gasteiger partial charge >= 0.3 is 11.9 Å². The Morgan fingerprint density at radius 2 is 1.17 bits per heavy atom. The lowest BCUT2D eigenvalue weighted by Crippen LogP contribution is -2.24. The van der Waals surface area contributed by atoms with Crippen molar-refractivity contribution in [2.24, 2.45) is 5.92 Å². The first-order chi connectivity index (χ1) is 11.5. The Morgan fingerprint density at radius 3 is 1.62 bits per heavy atom. The van der Waals surface area contributed by atoms with Crippen LogP contribution in [0.2, 0.25) is 0 Å². The van der Waals surface area contributed by atoms with Crippen LogP contribution in [0.5, 0.6) is 0 Å². The summed E-state index contributed by atoms with van der Waals surface area (Å²) < 4.78 is 10.1. The second-order valence-electron chi connectivity index (χ2n) is 6.93. The van der Waals surface area contributed by atoms with Crippen molar-refractivity contribution in [1.29, 1.82) is 0 Å². The highest BCUT2D eigenvalue weighted by molar-refractivity contribution is 5.72. The van der Waals surface area contributed by atoms with E-state index in [1.807, 2.05) is 0 Å². The quantitative estimate of drug-likeness (QED) is 0.215. The Labute approximate surface area is 148 Å². The van der Waals surface area contributed by atoms with Crippen molar-refractivity contribution < 1.29 is 19.1 Å². The summed E-state index contributed by atoms with van der Waals surface area (Å²) in [5.74, 6) is -0.835. The Hall–Kier alpha value is -1.06. The van der Waals surface area contributed by atoms with Gasteiger partial charge in [-0.3, -0.25) is 9.59 Å².